The van der Waals surface area contributed by atoms with Gasteiger partial charge in [-0.1, -0.05) is 26.7 Å². The van der Waals surface area contributed by atoms with E-state index in [9.17, 15) is 0 Å². The number of hydrogen-bond donors (Lipinski definition) is 1. The third-order valence-corrected chi connectivity index (χ3v) is 3.19. The predicted octanol–water partition coefficient (Wildman–Crippen LogP) is 3.06. The van der Waals surface area contributed by atoms with Gasteiger partial charge in [-0.25, -0.2) is 0 Å². The molecule has 0 aromatic heterocycles. The zero-order valence-corrected chi connectivity index (χ0v) is 9.47. The molecule has 1 rings (SSSR count). The molecule has 78 valence electrons. The highest BCUT2D eigenvalue weighted by molar-refractivity contribution is 4.74. The maximum absolute atomic E-state index is 3.31. The van der Waals surface area contributed by atoms with E-state index >= 15 is 0 Å². The summed E-state index contributed by atoms with van der Waals surface area (Å²) in [5.41, 5.74) is 0. The molecule has 0 aliphatic heterocycles. The summed E-state index contributed by atoms with van der Waals surface area (Å²) < 4.78 is 0. The summed E-state index contributed by atoms with van der Waals surface area (Å²) >= 11 is 0. The topological polar surface area (TPSA) is 12.0 Å². The molecule has 2 unspecified atom stereocenters. The number of rotatable bonds is 4. The average molecular weight is 183 g/mol. The van der Waals surface area contributed by atoms with E-state index in [0.717, 1.165) is 17.8 Å². The molecule has 2 atom stereocenters. The van der Waals surface area contributed by atoms with Gasteiger partial charge in [0.2, 0.25) is 0 Å². The van der Waals surface area contributed by atoms with Gasteiger partial charge >= 0.3 is 0 Å². The average Bonchev–Trinajstić information content (AvgIpc) is 2.04. The lowest BCUT2D eigenvalue weighted by atomic mass is 9.78. The van der Waals surface area contributed by atoms with Crippen LogP contribution in [0.5, 0.6) is 0 Å². The van der Waals surface area contributed by atoms with Crippen molar-refractivity contribution in [2.45, 2.75) is 46.0 Å². The van der Waals surface area contributed by atoms with Crippen LogP contribution in [0.1, 0.15) is 46.0 Å². The first-order chi connectivity index (χ1) is 6.22. The van der Waals surface area contributed by atoms with Crippen LogP contribution >= 0.6 is 0 Å². The van der Waals surface area contributed by atoms with Gasteiger partial charge in [0.05, 0.1) is 0 Å². The third-order valence-electron chi connectivity index (χ3n) is 3.19. The molecule has 0 spiro atoms. The maximum atomic E-state index is 3.31. The highest BCUT2D eigenvalue weighted by Crippen LogP contribution is 2.32. The quantitative estimate of drug-likeness (QED) is 0.706. The predicted molar refractivity (Wildman–Crippen MR) is 58.8 cm³/mol. The van der Waals surface area contributed by atoms with Crippen molar-refractivity contribution in [3.05, 3.63) is 0 Å². The van der Waals surface area contributed by atoms with Crippen LogP contribution in [-0.4, -0.2) is 13.6 Å². The lowest BCUT2D eigenvalue weighted by molar-refractivity contribution is 0.233. The summed E-state index contributed by atoms with van der Waals surface area (Å²) in [5, 5.41) is 3.31. The molecule has 1 nitrogen and oxygen atoms in total. The third kappa shape index (κ3) is 4.12. The Bertz CT molecular complexity index is 129. The Morgan fingerprint density at radius 2 is 1.92 bits per heavy atom. The van der Waals surface area contributed by atoms with Crippen molar-refractivity contribution >= 4 is 0 Å². The molecule has 0 aromatic carbocycles. The van der Waals surface area contributed by atoms with E-state index in [1.54, 1.807) is 0 Å². The van der Waals surface area contributed by atoms with Crippen molar-refractivity contribution in [1.29, 1.82) is 0 Å². The van der Waals surface area contributed by atoms with Crippen molar-refractivity contribution in [3.63, 3.8) is 0 Å². The Morgan fingerprint density at radius 3 is 2.54 bits per heavy atom. The van der Waals surface area contributed by atoms with Gasteiger partial charge in [-0.05, 0) is 50.6 Å². The lowest BCUT2D eigenvalue weighted by Crippen LogP contribution is -2.25. The molecule has 1 heteroatoms. The van der Waals surface area contributed by atoms with Crippen LogP contribution in [0, 0.1) is 17.8 Å². The summed E-state index contributed by atoms with van der Waals surface area (Å²) in [6.45, 7) is 5.93. The van der Waals surface area contributed by atoms with Crippen molar-refractivity contribution in [2.75, 3.05) is 13.6 Å². The van der Waals surface area contributed by atoms with Gasteiger partial charge in [-0.3, -0.25) is 0 Å². The van der Waals surface area contributed by atoms with E-state index in [1.807, 2.05) is 0 Å². The first-order valence-corrected chi connectivity index (χ1v) is 5.87. The van der Waals surface area contributed by atoms with Crippen LogP contribution < -0.4 is 5.32 Å². The van der Waals surface area contributed by atoms with Crippen LogP contribution in [0.25, 0.3) is 0 Å². The van der Waals surface area contributed by atoms with Crippen LogP contribution in [0.3, 0.4) is 0 Å². The zero-order chi connectivity index (χ0) is 9.68. The SMILES string of the molecule is CNCC1CCCC(CC(C)C)C1. The first-order valence-electron chi connectivity index (χ1n) is 5.87. The van der Waals surface area contributed by atoms with Gasteiger partial charge in [0.1, 0.15) is 0 Å². The van der Waals surface area contributed by atoms with Crippen molar-refractivity contribution < 1.29 is 0 Å². The fourth-order valence-corrected chi connectivity index (χ4v) is 2.76. The van der Waals surface area contributed by atoms with Gasteiger partial charge in [-0.2, -0.15) is 0 Å². The molecule has 1 aliphatic rings. The summed E-state index contributed by atoms with van der Waals surface area (Å²) in [6, 6.07) is 0. The van der Waals surface area contributed by atoms with E-state index in [0.29, 0.717) is 0 Å². The molecule has 1 fully saturated rings. The van der Waals surface area contributed by atoms with Gasteiger partial charge in [0, 0.05) is 0 Å². The summed E-state index contributed by atoms with van der Waals surface area (Å²) in [7, 11) is 2.08. The van der Waals surface area contributed by atoms with E-state index < -0.39 is 0 Å². The maximum Gasteiger partial charge on any atom is -0.00234 e. The zero-order valence-electron chi connectivity index (χ0n) is 9.47. The minimum atomic E-state index is 0.887. The van der Waals surface area contributed by atoms with E-state index in [1.165, 1.54) is 38.6 Å². The molecule has 0 heterocycles. The van der Waals surface area contributed by atoms with Crippen molar-refractivity contribution in [2.24, 2.45) is 17.8 Å². The Labute approximate surface area is 83.3 Å². The van der Waals surface area contributed by atoms with Gasteiger partial charge in [0.25, 0.3) is 0 Å². The van der Waals surface area contributed by atoms with E-state index in [4.69, 9.17) is 0 Å². The van der Waals surface area contributed by atoms with Gasteiger partial charge < -0.3 is 5.32 Å². The van der Waals surface area contributed by atoms with Crippen LogP contribution in [0.2, 0.25) is 0 Å². The molecule has 1 aliphatic carbocycles. The minimum absolute atomic E-state index is 0.887. The largest absolute Gasteiger partial charge is 0.319 e. The molecule has 0 bridgehead atoms. The number of hydrogen-bond acceptors (Lipinski definition) is 1. The van der Waals surface area contributed by atoms with Crippen molar-refractivity contribution in [1.82, 2.24) is 5.32 Å². The number of nitrogens with one attached hydrogen (secondary N) is 1. The summed E-state index contributed by atoms with van der Waals surface area (Å²) in [6.07, 6.45) is 7.32. The summed E-state index contributed by atoms with van der Waals surface area (Å²) in [5.74, 6) is 2.87. The Morgan fingerprint density at radius 1 is 1.23 bits per heavy atom. The van der Waals surface area contributed by atoms with Crippen LogP contribution in [0.4, 0.5) is 0 Å². The second kappa shape index (κ2) is 5.64. The molecular weight excluding hydrogens is 158 g/mol. The highest BCUT2D eigenvalue weighted by Gasteiger charge is 2.21. The van der Waals surface area contributed by atoms with Gasteiger partial charge in [-0.15, -0.1) is 0 Å². The molecule has 13 heavy (non-hydrogen) atoms. The first kappa shape index (κ1) is 11.0. The monoisotopic (exact) mass is 183 g/mol. The van der Waals surface area contributed by atoms with Crippen LogP contribution in [-0.2, 0) is 0 Å². The Kier molecular flexibility index (Phi) is 4.79. The standard InChI is InChI=1S/C12H25N/c1-10(2)7-11-5-4-6-12(8-11)9-13-3/h10-13H,4-9H2,1-3H3. The Balaban J connectivity index is 2.24. The molecule has 0 saturated heterocycles. The lowest BCUT2D eigenvalue weighted by Gasteiger charge is -2.30. The highest BCUT2D eigenvalue weighted by atomic mass is 14.8. The molecule has 0 aromatic rings. The van der Waals surface area contributed by atoms with Crippen LogP contribution in [0.15, 0.2) is 0 Å². The smallest absolute Gasteiger partial charge is 0.00234 e. The Hall–Kier alpha value is -0.0400. The molecule has 1 N–H and O–H groups in total. The second-order valence-corrected chi connectivity index (χ2v) is 5.09. The van der Waals surface area contributed by atoms with Crippen molar-refractivity contribution in [3.8, 4) is 0 Å². The van der Waals surface area contributed by atoms with Gasteiger partial charge in [0.15, 0.2) is 0 Å². The molecular formula is C12H25N. The molecule has 0 amide bonds. The summed E-state index contributed by atoms with van der Waals surface area (Å²) in [4.78, 5) is 0. The molecule has 0 radical (unpaired) electrons. The fourth-order valence-electron chi connectivity index (χ4n) is 2.76. The van der Waals surface area contributed by atoms with E-state index in [2.05, 4.69) is 26.2 Å². The normalized spacial score (nSPS) is 29.5. The minimum Gasteiger partial charge on any atom is -0.319 e. The fraction of sp³-hybridized carbons (Fsp3) is 1.00. The molecule has 1 saturated carbocycles. The second-order valence-electron chi connectivity index (χ2n) is 5.09. The van der Waals surface area contributed by atoms with E-state index in [-0.39, 0.29) is 0 Å².